The molecule has 0 saturated carbocycles. The number of rotatable bonds is 4. The molecule has 11 heteroatoms. The molecule has 0 amide bonds. The van der Waals surface area contributed by atoms with Crippen LogP contribution in [0, 0.1) is 20.2 Å². The number of fused-ring (bicyclic) bond motifs is 3. The van der Waals surface area contributed by atoms with Crippen LogP contribution in [0.15, 0.2) is 54.6 Å². The van der Waals surface area contributed by atoms with Crippen molar-refractivity contribution in [3.8, 4) is 0 Å². The fraction of sp³-hybridized carbons (Fsp3) is 0. The first-order valence-corrected chi connectivity index (χ1v) is 9.80. The number of non-ortho nitro benzene ring substituents is 2. The highest BCUT2D eigenvalue weighted by Crippen LogP contribution is 2.37. The summed E-state index contributed by atoms with van der Waals surface area (Å²) in [4.78, 5) is 30.1. The van der Waals surface area contributed by atoms with Gasteiger partial charge >= 0.3 is 0 Å². The molecule has 0 spiro atoms. The molecule has 0 aliphatic rings. The summed E-state index contributed by atoms with van der Waals surface area (Å²) in [5.74, 6) is 0. The predicted molar refractivity (Wildman–Crippen MR) is 120 cm³/mol. The highest BCUT2D eigenvalue weighted by Gasteiger charge is 2.16. The number of nitrogens with two attached hydrogens (primary N) is 1. The van der Waals surface area contributed by atoms with E-state index >= 15 is 0 Å². The summed E-state index contributed by atoms with van der Waals surface area (Å²) in [7, 11) is 0. The fourth-order valence-electron chi connectivity index (χ4n) is 3.45. The molecule has 152 valence electrons. The van der Waals surface area contributed by atoms with Crippen molar-refractivity contribution < 1.29 is 9.85 Å². The Labute approximate surface area is 177 Å². The second kappa shape index (κ2) is 6.85. The first-order valence-electron chi connectivity index (χ1n) is 8.98. The van der Waals surface area contributed by atoms with Gasteiger partial charge in [0.25, 0.3) is 11.4 Å². The van der Waals surface area contributed by atoms with Crippen LogP contribution < -0.4 is 11.1 Å². The third kappa shape index (κ3) is 3.22. The van der Waals surface area contributed by atoms with Crippen LogP contribution in [0.1, 0.15) is 0 Å². The Kier molecular flexibility index (Phi) is 4.12. The van der Waals surface area contributed by atoms with Gasteiger partial charge in [0.2, 0.25) is 0 Å². The maximum absolute atomic E-state index is 11.2. The SMILES string of the molecule is Nc1nc2ccc(Nc3c4ccc([N+](=O)[O-])cc4nc4cc([N+](=O)[O-])ccc34)cc2s1. The van der Waals surface area contributed by atoms with E-state index in [1.54, 1.807) is 12.1 Å². The smallest absolute Gasteiger partial charge is 0.271 e. The van der Waals surface area contributed by atoms with Crippen molar-refractivity contribution in [2.45, 2.75) is 0 Å². The topological polar surface area (TPSA) is 150 Å². The fourth-order valence-corrected chi connectivity index (χ4v) is 4.22. The number of thiazole rings is 1. The minimum Gasteiger partial charge on any atom is -0.375 e. The van der Waals surface area contributed by atoms with Crippen molar-refractivity contribution in [1.29, 1.82) is 0 Å². The quantitative estimate of drug-likeness (QED) is 0.225. The molecule has 2 heterocycles. The van der Waals surface area contributed by atoms with E-state index in [2.05, 4.69) is 15.3 Å². The Morgan fingerprint density at radius 1 is 0.806 bits per heavy atom. The number of nitro benzene ring substituents is 2. The lowest BCUT2D eigenvalue weighted by Gasteiger charge is -2.13. The minimum atomic E-state index is -0.506. The lowest BCUT2D eigenvalue weighted by molar-refractivity contribution is -0.384. The first kappa shape index (κ1) is 18.6. The molecule has 0 unspecified atom stereocenters. The van der Waals surface area contributed by atoms with Gasteiger partial charge in [0.05, 0.1) is 36.8 Å². The Hall–Kier alpha value is -4.38. The van der Waals surface area contributed by atoms with Crippen LogP contribution >= 0.6 is 11.3 Å². The molecule has 0 aliphatic carbocycles. The first-order chi connectivity index (χ1) is 14.9. The molecule has 0 aliphatic heterocycles. The van der Waals surface area contributed by atoms with Crippen LogP contribution in [-0.2, 0) is 0 Å². The largest absolute Gasteiger partial charge is 0.375 e. The van der Waals surface area contributed by atoms with Crippen LogP contribution in [-0.4, -0.2) is 19.8 Å². The summed E-state index contributed by atoms with van der Waals surface area (Å²) in [5, 5.41) is 27.5. The lowest BCUT2D eigenvalue weighted by atomic mass is 10.1. The molecule has 0 atom stereocenters. The third-order valence-electron chi connectivity index (χ3n) is 4.84. The number of nitro groups is 2. The Balaban J connectivity index is 1.75. The van der Waals surface area contributed by atoms with Crippen LogP contribution in [0.5, 0.6) is 0 Å². The number of aromatic nitrogens is 2. The van der Waals surface area contributed by atoms with E-state index in [9.17, 15) is 20.2 Å². The number of nitrogens with one attached hydrogen (secondary N) is 1. The zero-order chi connectivity index (χ0) is 21.7. The highest BCUT2D eigenvalue weighted by molar-refractivity contribution is 7.22. The van der Waals surface area contributed by atoms with Crippen LogP contribution in [0.4, 0.5) is 27.9 Å². The monoisotopic (exact) mass is 432 g/mol. The molecule has 0 bridgehead atoms. The molecule has 3 aromatic carbocycles. The summed E-state index contributed by atoms with van der Waals surface area (Å²) in [6.45, 7) is 0. The van der Waals surface area contributed by atoms with Crippen molar-refractivity contribution >= 4 is 71.2 Å². The molecule has 0 radical (unpaired) electrons. The van der Waals surface area contributed by atoms with Gasteiger partial charge in [-0.1, -0.05) is 11.3 Å². The summed E-state index contributed by atoms with van der Waals surface area (Å²) >= 11 is 1.36. The molecule has 2 aromatic heterocycles. The van der Waals surface area contributed by atoms with Crippen molar-refractivity contribution in [1.82, 2.24) is 9.97 Å². The molecule has 0 saturated heterocycles. The average Bonchev–Trinajstić information content (AvgIpc) is 3.11. The number of nitrogen functional groups attached to an aromatic ring is 1. The number of pyridine rings is 1. The van der Waals surface area contributed by atoms with Gasteiger partial charge in [0.15, 0.2) is 5.13 Å². The molecule has 0 fully saturated rings. The zero-order valence-corrected chi connectivity index (χ0v) is 16.4. The van der Waals surface area contributed by atoms with Gasteiger partial charge in [-0.15, -0.1) is 0 Å². The number of benzene rings is 3. The Morgan fingerprint density at radius 3 is 2.00 bits per heavy atom. The van der Waals surface area contributed by atoms with E-state index in [4.69, 9.17) is 5.73 Å². The van der Waals surface area contributed by atoms with Gasteiger partial charge in [-0.25, -0.2) is 9.97 Å². The maximum Gasteiger partial charge on any atom is 0.271 e. The summed E-state index contributed by atoms with van der Waals surface area (Å²) in [6, 6.07) is 14.3. The van der Waals surface area contributed by atoms with Gasteiger partial charge in [0.1, 0.15) is 0 Å². The van der Waals surface area contributed by atoms with Crippen molar-refractivity contribution in [3.63, 3.8) is 0 Å². The van der Waals surface area contributed by atoms with E-state index in [0.717, 1.165) is 15.9 Å². The minimum absolute atomic E-state index is 0.114. The molecule has 3 N–H and O–H groups in total. The van der Waals surface area contributed by atoms with E-state index in [1.807, 2.05) is 18.2 Å². The third-order valence-corrected chi connectivity index (χ3v) is 5.69. The van der Waals surface area contributed by atoms with Crippen molar-refractivity contribution in [2.75, 3.05) is 11.1 Å². The summed E-state index contributed by atoms with van der Waals surface area (Å²) < 4.78 is 0.899. The van der Waals surface area contributed by atoms with E-state index in [-0.39, 0.29) is 11.4 Å². The zero-order valence-electron chi connectivity index (χ0n) is 15.6. The van der Waals surface area contributed by atoms with Crippen LogP contribution in [0.3, 0.4) is 0 Å². The molecule has 10 nitrogen and oxygen atoms in total. The van der Waals surface area contributed by atoms with Gasteiger partial charge in [-0.2, -0.15) is 0 Å². The van der Waals surface area contributed by atoms with Crippen molar-refractivity contribution in [3.05, 3.63) is 74.8 Å². The standard InChI is InChI=1S/C20H12N6O4S/c21-20-24-15-6-1-10(7-18(15)31-20)22-19-13-4-2-11(25(27)28)8-16(13)23-17-9-12(26(29)30)3-5-14(17)19/h1-9H,(H2,21,24)(H,22,23). The summed E-state index contributed by atoms with van der Waals surface area (Å²) in [5.41, 5.74) is 8.44. The van der Waals surface area contributed by atoms with Gasteiger partial charge in [-0.3, -0.25) is 20.2 Å². The maximum atomic E-state index is 11.2. The van der Waals surface area contributed by atoms with Gasteiger partial charge in [-0.05, 0) is 30.3 Å². The lowest BCUT2D eigenvalue weighted by Crippen LogP contribution is -1.97. The van der Waals surface area contributed by atoms with Crippen molar-refractivity contribution in [2.24, 2.45) is 0 Å². The van der Waals surface area contributed by atoms with E-state index in [1.165, 1.54) is 35.6 Å². The summed E-state index contributed by atoms with van der Waals surface area (Å²) in [6.07, 6.45) is 0. The normalized spacial score (nSPS) is 11.2. The second-order valence-electron chi connectivity index (χ2n) is 6.76. The molecule has 5 aromatic rings. The number of anilines is 3. The highest BCUT2D eigenvalue weighted by atomic mass is 32.1. The van der Waals surface area contributed by atoms with E-state index < -0.39 is 9.85 Å². The van der Waals surface area contributed by atoms with Gasteiger partial charge in [0, 0.05) is 40.7 Å². The molecule has 5 rings (SSSR count). The number of hydrogen-bond donors (Lipinski definition) is 2. The van der Waals surface area contributed by atoms with Crippen LogP contribution in [0.2, 0.25) is 0 Å². The Bertz CT molecular complexity index is 1480. The molecular weight excluding hydrogens is 420 g/mol. The predicted octanol–water partition coefficient (Wildman–Crippen LogP) is 5.14. The van der Waals surface area contributed by atoms with Crippen LogP contribution in [0.25, 0.3) is 32.0 Å². The Morgan fingerprint density at radius 2 is 1.42 bits per heavy atom. The van der Waals surface area contributed by atoms with E-state index in [0.29, 0.717) is 32.6 Å². The van der Waals surface area contributed by atoms with Gasteiger partial charge < -0.3 is 11.1 Å². The number of hydrogen-bond acceptors (Lipinski definition) is 9. The average molecular weight is 432 g/mol. The second-order valence-corrected chi connectivity index (χ2v) is 7.83. The molecular formula is C20H12N6O4S. The number of nitrogens with zero attached hydrogens (tertiary/aromatic N) is 4. The molecule has 31 heavy (non-hydrogen) atoms.